The molecular weight excluding hydrogens is 260 g/mol. The maximum Gasteiger partial charge on any atom is 0.176 e. The van der Waals surface area contributed by atoms with Crippen LogP contribution in [0.4, 0.5) is 0 Å². The number of ketones is 1. The minimum atomic E-state index is -0.539. The molecular formula is C19H24O2. The first-order valence-corrected chi connectivity index (χ1v) is 7.87. The molecule has 21 heavy (non-hydrogen) atoms. The Bertz CT molecular complexity index is 639. The van der Waals surface area contributed by atoms with E-state index >= 15 is 0 Å². The van der Waals surface area contributed by atoms with Crippen LogP contribution < -0.4 is 0 Å². The Morgan fingerprint density at radius 1 is 1.19 bits per heavy atom. The van der Waals surface area contributed by atoms with Gasteiger partial charge in [-0.1, -0.05) is 19.9 Å². The molecule has 0 saturated carbocycles. The molecule has 0 aromatic heterocycles. The van der Waals surface area contributed by atoms with Gasteiger partial charge in [0.05, 0.1) is 5.56 Å². The molecule has 0 bridgehead atoms. The van der Waals surface area contributed by atoms with Gasteiger partial charge in [0.1, 0.15) is 5.75 Å². The van der Waals surface area contributed by atoms with Crippen molar-refractivity contribution in [1.29, 1.82) is 0 Å². The van der Waals surface area contributed by atoms with E-state index in [0.717, 1.165) is 37.7 Å². The third-order valence-corrected chi connectivity index (χ3v) is 5.58. The highest BCUT2D eigenvalue weighted by molar-refractivity contribution is 6.06. The standard InChI is InChI=1S/C19H24O2/c1-5-19(4)10-8-13-12-7-6-9-18(2,3)14(12)11-15(20)16(13)17(19)21/h5,11,20H,1,6-10H2,2-4H3. The molecule has 0 fully saturated rings. The zero-order valence-electron chi connectivity index (χ0n) is 13.3. The predicted octanol–water partition coefficient (Wildman–Crippen LogP) is 4.33. The fourth-order valence-electron chi connectivity index (χ4n) is 4.00. The molecule has 1 aromatic rings. The van der Waals surface area contributed by atoms with Crippen LogP contribution in [0.5, 0.6) is 5.75 Å². The van der Waals surface area contributed by atoms with Crippen molar-refractivity contribution < 1.29 is 9.90 Å². The van der Waals surface area contributed by atoms with Gasteiger partial charge >= 0.3 is 0 Å². The highest BCUT2D eigenvalue weighted by Crippen LogP contribution is 2.47. The van der Waals surface area contributed by atoms with Crippen molar-refractivity contribution in [1.82, 2.24) is 0 Å². The molecule has 1 atom stereocenters. The quantitative estimate of drug-likeness (QED) is 0.779. The summed E-state index contributed by atoms with van der Waals surface area (Å²) in [6.45, 7) is 10.2. The first-order valence-electron chi connectivity index (χ1n) is 7.87. The van der Waals surface area contributed by atoms with Crippen molar-refractivity contribution in [3.8, 4) is 5.75 Å². The molecule has 1 unspecified atom stereocenters. The lowest BCUT2D eigenvalue weighted by Gasteiger charge is -2.38. The number of phenols is 1. The maximum absolute atomic E-state index is 12.8. The number of rotatable bonds is 1. The summed E-state index contributed by atoms with van der Waals surface area (Å²) >= 11 is 0. The van der Waals surface area contributed by atoms with Crippen molar-refractivity contribution in [2.24, 2.45) is 5.41 Å². The summed E-state index contributed by atoms with van der Waals surface area (Å²) in [5.74, 6) is 0.193. The molecule has 0 saturated heterocycles. The second-order valence-electron chi connectivity index (χ2n) is 7.46. The van der Waals surface area contributed by atoms with Crippen molar-refractivity contribution >= 4 is 5.78 Å². The lowest BCUT2D eigenvalue weighted by atomic mass is 9.65. The van der Waals surface area contributed by atoms with Gasteiger partial charge in [-0.25, -0.2) is 0 Å². The van der Waals surface area contributed by atoms with Gasteiger partial charge < -0.3 is 5.11 Å². The van der Waals surface area contributed by atoms with Crippen molar-refractivity contribution in [2.45, 2.75) is 58.3 Å². The molecule has 0 spiro atoms. The number of carbonyl (C=O) groups is 1. The predicted molar refractivity (Wildman–Crippen MR) is 85.0 cm³/mol. The van der Waals surface area contributed by atoms with Crippen LogP contribution in [0.2, 0.25) is 0 Å². The Balaban J connectivity index is 2.25. The molecule has 2 nitrogen and oxygen atoms in total. The number of phenolic OH excluding ortho intramolecular Hbond substituents is 1. The van der Waals surface area contributed by atoms with Crippen molar-refractivity contribution in [2.75, 3.05) is 0 Å². The summed E-state index contributed by atoms with van der Waals surface area (Å²) in [5.41, 5.74) is 3.76. The SMILES string of the molecule is C=CC1(C)CCc2c3c(cc(O)c2C1=O)C(C)(C)CCC3. The zero-order valence-corrected chi connectivity index (χ0v) is 13.3. The van der Waals surface area contributed by atoms with E-state index in [2.05, 4.69) is 20.4 Å². The Labute approximate surface area is 126 Å². The van der Waals surface area contributed by atoms with Gasteiger partial charge in [0, 0.05) is 5.41 Å². The fraction of sp³-hybridized carbons (Fsp3) is 0.526. The maximum atomic E-state index is 12.8. The lowest BCUT2D eigenvalue weighted by molar-refractivity contribution is 0.0842. The van der Waals surface area contributed by atoms with E-state index in [1.165, 1.54) is 11.1 Å². The highest BCUT2D eigenvalue weighted by Gasteiger charge is 2.41. The molecule has 3 rings (SSSR count). The van der Waals surface area contributed by atoms with E-state index in [1.807, 2.05) is 13.0 Å². The van der Waals surface area contributed by atoms with Crippen LogP contribution in [0.25, 0.3) is 0 Å². The Hall–Kier alpha value is -1.57. The first kappa shape index (κ1) is 14.4. The van der Waals surface area contributed by atoms with Crippen LogP contribution in [-0.2, 0) is 18.3 Å². The summed E-state index contributed by atoms with van der Waals surface area (Å²) in [6.07, 6.45) is 6.70. The van der Waals surface area contributed by atoms with E-state index in [-0.39, 0.29) is 16.9 Å². The summed E-state index contributed by atoms with van der Waals surface area (Å²) in [4.78, 5) is 12.8. The van der Waals surface area contributed by atoms with Gasteiger partial charge in [-0.3, -0.25) is 4.79 Å². The number of allylic oxidation sites excluding steroid dienone is 1. The van der Waals surface area contributed by atoms with Crippen LogP contribution in [0.3, 0.4) is 0 Å². The van der Waals surface area contributed by atoms with Crippen molar-refractivity contribution in [3.05, 3.63) is 41.0 Å². The summed E-state index contributed by atoms with van der Waals surface area (Å²) in [6, 6.07) is 1.85. The number of hydrogen-bond donors (Lipinski definition) is 1. The van der Waals surface area contributed by atoms with Gasteiger partial charge in [-0.05, 0) is 67.2 Å². The molecule has 112 valence electrons. The number of fused-ring (bicyclic) bond motifs is 3. The first-order chi connectivity index (χ1) is 9.80. The van der Waals surface area contributed by atoms with Gasteiger partial charge in [-0.15, -0.1) is 6.58 Å². The number of aromatic hydroxyl groups is 1. The fourth-order valence-corrected chi connectivity index (χ4v) is 4.00. The van der Waals surface area contributed by atoms with Crippen LogP contribution in [0.1, 0.15) is 67.1 Å². The number of carbonyl (C=O) groups excluding carboxylic acids is 1. The molecule has 1 N–H and O–H groups in total. The minimum Gasteiger partial charge on any atom is -0.507 e. The average molecular weight is 284 g/mol. The van der Waals surface area contributed by atoms with Gasteiger partial charge in [0.25, 0.3) is 0 Å². The number of Topliss-reactive ketones (excluding diaryl/α,β-unsaturated/α-hetero) is 1. The third-order valence-electron chi connectivity index (χ3n) is 5.58. The van der Waals surface area contributed by atoms with E-state index in [1.54, 1.807) is 6.08 Å². The van der Waals surface area contributed by atoms with E-state index in [9.17, 15) is 9.90 Å². The third kappa shape index (κ3) is 1.96. The Morgan fingerprint density at radius 3 is 2.57 bits per heavy atom. The van der Waals surface area contributed by atoms with Crippen LogP contribution in [0.15, 0.2) is 18.7 Å². The molecule has 2 aliphatic rings. The molecule has 2 heteroatoms. The van der Waals surface area contributed by atoms with E-state index < -0.39 is 5.41 Å². The summed E-state index contributed by atoms with van der Waals surface area (Å²) < 4.78 is 0. The monoisotopic (exact) mass is 284 g/mol. The van der Waals surface area contributed by atoms with E-state index in [0.29, 0.717) is 5.56 Å². The highest BCUT2D eigenvalue weighted by atomic mass is 16.3. The molecule has 0 heterocycles. The molecule has 0 aliphatic heterocycles. The second kappa shape index (κ2) is 4.46. The molecule has 0 radical (unpaired) electrons. The average Bonchev–Trinajstić information content (AvgIpc) is 2.43. The van der Waals surface area contributed by atoms with Crippen LogP contribution >= 0.6 is 0 Å². The Kier molecular flexibility index (Phi) is 3.05. The van der Waals surface area contributed by atoms with Crippen molar-refractivity contribution in [3.63, 3.8) is 0 Å². The Morgan fingerprint density at radius 2 is 1.90 bits per heavy atom. The molecule has 2 aliphatic carbocycles. The topological polar surface area (TPSA) is 37.3 Å². The minimum absolute atomic E-state index is 0.0300. The lowest BCUT2D eigenvalue weighted by Crippen LogP contribution is -2.34. The van der Waals surface area contributed by atoms with E-state index in [4.69, 9.17) is 0 Å². The zero-order chi connectivity index (χ0) is 15.4. The van der Waals surface area contributed by atoms with Gasteiger partial charge in [0.2, 0.25) is 0 Å². The van der Waals surface area contributed by atoms with Crippen LogP contribution in [0, 0.1) is 5.41 Å². The number of benzene rings is 1. The number of hydrogen-bond acceptors (Lipinski definition) is 2. The van der Waals surface area contributed by atoms with Crippen LogP contribution in [-0.4, -0.2) is 10.9 Å². The smallest absolute Gasteiger partial charge is 0.176 e. The molecule has 0 amide bonds. The van der Waals surface area contributed by atoms with Gasteiger partial charge in [0.15, 0.2) is 5.78 Å². The summed E-state index contributed by atoms with van der Waals surface area (Å²) in [7, 11) is 0. The normalized spacial score (nSPS) is 26.9. The second-order valence-corrected chi connectivity index (χ2v) is 7.46. The summed E-state index contributed by atoms with van der Waals surface area (Å²) in [5, 5.41) is 10.5. The largest absolute Gasteiger partial charge is 0.507 e. The molecule has 1 aromatic carbocycles. The van der Waals surface area contributed by atoms with Gasteiger partial charge in [-0.2, -0.15) is 0 Å².